The Morgan fingerprint density at radius 3 is 2.87 bits per heavy atom. The molecule has 86 valence electrons. The van der Waals surface area contributed by atoms with Crippen molar-refractivity contribution in [1.29, 1.82) is 0 Å². The molecule has 4 heteroatoms. The highest BCUT2D eigenvalue weighted by atomic mass is 16.5. The minimum absolute atomic E-state index is 0.0311. The summed E-state index contributed by atoms with van der Waals surface area (Å²) in [4.78, 5) is 11.6. The smallest absolute Gasteiger partial charge is 0.225 e. The minimum Gasteiger partial charge on any atom is -0.393 e. The van der Waals surface area contributed by atoms with E-state index in [1.165, 1.54) is 0 Å². The molecule has 2 rings (SSSR count). The summed E-state index contributed by atoms with van der Waals surface area (Å²) < 4.78 is 5.16. The zero-order valence-corrected chi connectivity index (χ0v) is 8.95. The molecule has 2 aliphatic rings. The number of ether oxygens (including phenoxy) is 1. The maximum absolute atomic E-state index is 11.6. The molecule has 2 N–H and O–H groups in total. The molecule has 1 saturated heterocycles. The van der Waals surface area contributed by atoms with E-state index in [2.05, 4.69) is 5.32 Å². The number of carbonyl (C=O) groups excluding carboxylic acids is 1. The van der Waals surface area contributed by atoms with Crippen LogP contribution in [0.3, 0.4) is 0 Å². The van der Waals surface area contributed by atoms with E-state index in [1.54, 1.807) is 0 Å². The molecule has 1 heterocycles. The minimum atomic E-state index is -0.217. The van der Waals surface area contributed by atoms with Gasteiger partial charge < -0.3 is 15.2 Å². The number of rotatable bonds is 3. The van der Waals surface area contributed by atoms with E-state index < -0.39 is 0 Å². The molecule has 4 nitrogen and oxygen atoms in total. The lowest BCUT2D eigenvalue weighted by molar-refractivity contribution is -0.125. The quantitative estimate of drug-likeness (QED) is 0.709. The number of aliphatic hydroxyl groups is 1. The van der Waals surface area contributed by atoms with Crippen LogP contribution in [0.25, 0.3) is 0 Å². The van der Waals surface area contributed by atoms with Crippen molar-refractivity contribution in [2.45, 2.75) is 31.8 Å². The zero-order valence-electron chi connectivity index (χ0n) is 8.95. The molecule has 0 aromatic carbocycles. The standard InChI is InChI=1S/C11H19NO3/c13-10-3-1-2-8(10)6-12-11(14)9-4-5-15-7-9/h8-10,13H,1-7H2,(H,12,14). The van der Waals surface area contributed by atoms with E-state index in [1.807, 2.05) is 0 Å². The van der Waals surface area contributed by atoms with Gasteiger partial charge in [-0.1, -0.05) is 6.42 Å². The fourth-order valence-corrected chi connectivity index (χ4v) is 2.37. The van der Waals surface area contributed by atoms with Gasteiger partial charge in [0.05, 0.1) is 18.6 Å². The average molecular weight is 213 g/mol. The molecule has 15 heavy (non-hydrogen) atoms. The molecule has 1 saturated carbocycles. The highest BCUT2D eigenvalue weighted by molar-refractivity contribution is 5.78. The molecule has 2 fully saturated rings. The summed E-state index contributed by atoms with van der Waals surface area (Å²) >= 11 is 0. The van der Waals surface area contributed by atoms with Gasteiger partial charge in [0, 0.05) is 19.1 Å². The van der Waals surface area contributed by atoms with Gasteiger partial charge in [0.2, 0.25) is 5.91 Å². The van der Waals surface area contributed by atoms with Gasteiger partial charge in [-0.05, 0) is 19.3 Å². The third-order valence-corrected chi connectivity index (χ3v) is 3.46. The van der Waals surface area contributed by atoms with Crippen LogP contribution in [0.5, 0.6) is 0 Å². The van der Waals surface area contributed by atoms with E-state index in [0.717, 1.165) is 25.7 Å². The Hall–Kier alpha value is -0.610. The fourth-order valence-electron chi connectivity index (χ4n) is 2.37. The Kier molecular flexibility index (Phi) is 3.59. The molecular formula is C11H19NO3. The predicted octanol–water partition coefficient (Wildman–Crippen LogP) is 0.300. The first-order valence-electron chi connectivity index (χ1n) is 5.81. The van der Waals surface area contributed by atoms with Gasteiger partial charge in [0.15, 0.2) is 0 Å². The first-order chi connectivity index (χ1) is 7.27. The molecule has 1 aliphatic carbocycles. The Balaban J connectivity index is 1.70. The lowest BCUT2D eigenvalue weighted by Crippen LogP contribution is -2.36. The maximum atomic E-state index is 11.6. The van der Waals surface area contributed by atoms with Gasteiger partial charge in [0.25, 0.3) is 0 Å². The zero-order chi connectivity index (χ0) is 10.7. The van der Waals surface area contributed by atoms with Crippen molar-refractivity contribution in [3.05, 3.63) is 0 Å². The van der Waals surface area contributed by atoms with Crippen LogP contribution < -0.4 is 5.32 Å². The lowest BCUT2D eigenvalue weighted by Gasteiger charge is -2.16. The van der Waals surface area contributed by atoms with E-state index in [0.29, 0.717) is 19.8 Å². The van der Waals surface area contributed by atoms with Crippen molar-refractivity contribution in [2.24, 2.45) is 11.8 Å². The van der Waals surface area contributed by atoms with Gasteiger partial charge in [-0.3, -0.25) is 4.79 Å². The second-order valence-corrected chi connectivity index (χ2v) is 4.56. The third-order valence-electron chi connectivity index (χ3n) is 3.46. The van der Waals surface area contributed by atoms with E-state index >= 15 is 0 Å². The van der Waals surface area contributed by atoms with Gasteiger partial charge >= 0.3 is 0 Å². The molecule has 1 amide bonds. The number of hydrogen-bond donors (Lipinski definition) is 2. The molecule has 0 spiro atoms. The van der Waals surface area contributed by atoms with Crippen molar-refractivity contribution in [3.63, 3.8) is 0 Å². The first-order valence-corrected chi connectivity index (χ1v) is 5.81. The third kappa shape index (κ3) is 2.69. The highest BCUT2D eigenvalue weighted by Crippen LogP contribution is 2.24. The van der Waals surface area contributed by atoms with E-state index in [-0.39, 0.29) is 23.8 Å². The number of hydrogen-bond acceptors (Lipinski definition) is 3. The normalized spacial score (nSPS) is 35.7. The average Bonchev–Trinajstić information content (AvgIpc) is 2.85. The summed E-state index contributed by atoms with van der Waals surface area (Å²) in [7, 11) is 0. The topological polar surface area (TPSA) is 58.6 Å². The Morgan fingerprint density at radius 2 is 2.27 bits per heavy atom. The van der Waals surface area contributed by atoms with Crippen LogP contribution in [-0.2, 0) is 9.53 Å². The van der Waals surface area contributed by atoms with E-state index in [4.69, 9.17) is 4.74 Å². The molecular weight excluding hydrogens is 194 g/mol. The Labute approximate surface area is 90.0 Å². The number of carbonyl (C=O) groups is 1. The van der Waals surface area contributed by atoms with Crippen LogP contribution in [0.1, 0.15) is 25.7 Å². The van der Waals surface area contributed by atoms with Crippen LogP contribution in [0, 0.1) is 11.8 Å². The Bertz CT molecular complexity index is 226. The molecule has 0 radical (unpaired) electrons. The van der Waals surface area contributed by atoms with Crippen LogP contribution in [0.2, 0.25) is 0 Å². The molecule has 0 aromatic rings. The van der Waals surface area contributed by atoms with Gasteiger partial charge in [0.1, 0.15) is 0 Å². The second-order valence-electron chi connectivity index (χ2n) is 4.56. The summed E-state index contributed by atoms with van der Waals surface area (Å²) in [6.07, 6.45) is 3.60. The van der Waals surface area contributed by atoms with Crippen molar-refractivity contribution in [2.75, 3.05) is 19.8 Å². The van der Waals surface area contributed by atoms with Crippen LogP contribution >= 0.6 is 0 Å². The first kappa shape index (κ1) is 10.9. The number of nitrogens with one attached hydrogen (secondary N) is 1. The summed E-state index contributed by atoms with van der Waals surface area (Å²) in [5, 5.41) is 12.5. The van der Waals surface area contributed by atoms with Crippen molar-refractivity contribution in [1.82, 2.24) is 5.32 Å². The largest absolute Gasteiger partial charge is 0.393 e. The summed E-state index contributed by atoms with van der Waals surface area (Å²) in [5.41, 5.74) is 0. The van der Waals surface area contributed by atoms with Gasteiger partial charge in [-0.15, -0.1) is 0 Å². The summed E-state index contributed by atoms with van der Waals surface area (Å²) in [6.45, 7) is 1.87. The lowest BCUT2D eigenvalue weighted by atomic mass is 10.0. The predicted molar refractivity (Wildman–Crippen MR) is 55.3 cm³/mol. The SMILES string of the molecule is O=C(NCC1CCCC1O)C1CCOC1. The molecule has 0 aromatic heterocycles. The number of aliphatic hydroxyl groups excluding tert-OH is 1. The summed E-state index contributed by atoms with van der Waals surface area (Å²) in [5.74, 6) is 0.381. The number of amides is 1. The highest BCUT2D eigenvalue weighted by Gasteiger charge is 2.28. The van der Waals surface area contributed by atoms with Crippen LogP contribution in [0.4, 0.5) is 0 Å². The molecule has 0 bridgehead atoms. The van der Waals surface area contributed by atoms with Crippen molar-refractivity contribution < 1.29 is 14.6 Å². The van der Waals surface area contributed by atoms with Crippen LogP contribution in [-0.4, -0.2) is 36.9 Å². The van der Waals surface area contributed by atoms with Crippen molar-refractivity contribution in [3.8, 4) is 0 Å². The second kappa shape index (κ2) is 4.94. The van der Waals surface area contributed by atoms with Gasteiger partial charge in [-0.2, -0.15) is 0 Å². The monoisotopic (exact) mass is 213 g/mol. The fraction of sp³-hybridized carbons (Fsp3) is 0.909. The molecule has 1 aliphatic heterocycles. The molecule has 3 unspecified atom stereocenters. The van der Waals surface area contributed by atoms with E-state index in [9.17, 15) is 9.90 Å². The maximum Gasteiger partial charge on any atom is 0.225 e. The Morgan fingerprint density at radius 1 is 1.40 bits per heavy atom. The van der Waals surface area contributed by atoms with Gasteiger partial charge in [-0.25, -0.2) is 0 Å². The van der Waals surface area contributed by atoms with Crippen LogP contribution in [0.15, 0.2) is 0 Å². The summed E-state index contributed by atoms with van der Waals surface area (Å²) in [6, 6.07) is 0. The molecule has 3 atom stereocenters. The van der Waals surface area contributed by atoms with Crippen molar-refractivity contribution >= 4 is 5.91 Å².